The van der Waals surface area contributed by atoms with E-state index in [9.17, 15) is 0 Å². The Morgan fingerprint density at radius 1 is 1.36 bits per heavy atom. The molecule has 1 aliphatic heterocycles. The van der Waals surface area contributed by atoms with Crippen molar-refractivity contribution >= 4 is 0 Å². The fraction of sp³-hybridized carbons (Fsp3) is 0.722. The summed E-state index contributed by atoms with van der Waals surface area (Å²) in [4.78, 5) is 11.5. The van der Waals surface area contributed by atoms with Crippen molar-refractivity contribution < 1.29 is 9.15 Å². The number of hydrogen-bond acceptors (Lipinski definition) is 6. The monoisotopic (exact) mass is 345 g/mol. The molecule has 25 heavy (non-hydrogen) atoms. The number of H-pyrrole nitrogens is 1. The number of aromatic nitrogens is 4. The Kier molecular flexibility index (Phi) is 4.16. The molecule has 0 aromatic carbocycles. The average molecular weight is 345 g/mol. The first-order valence-corrected chi connectivity index (χ1v) is 9.08. The zero-order chi connectivity index (χ0) is 17.6. The van der Waals surface area contributed by atoms with E-state index in [-0.39, 0.29) is 17.6 Å². The van der Waals surface area contributed by atoms with E-state index < -0.39 is 0 Å². The van der Waals surface area contributed by atoms with Gasteiger partial charge in [0.25, 0.3) is 0 Å². The van der Waals surface area contributed by atoms with E-state index in [0.717, 1.165) is 36.3 Å². The SMILES string of the molecule is CO[C@@H]1C[C@@H](c2nc(C3CC3)n[nH]2)N(Cc2ncc(C(C)(C)C)o2)C1. The van der Waals surface area contributed by atoms with E-state index in [2.05, 4.69) is 40.9 Å². The van der Waals surface area contributed by atoms with Gasteiger partial charge in [-0.1, -0.05) is 20.8 Å². The number of nitrogens with zero attached hydrogens (tertiary/aromatic N) is 4. The van der Waals surface area contributed by atoms with Gasteiger partial charge in [-0.15, -0.1) is 0 Å². The fourth-order valence-corrected chi connectivity index (χ4v) is 3.36. The lowest BCUT2D eigenvalue weighted by molar-refractivity contribution is 0.105. The van der Waals surface area contributed by atoms with Crippen molar-refractivity contribution in [3.63, 3.8) is 0 Å². The highest BCUT2D eigenvalue weighted by atomic mass is 16.5. The highest BCUT2D eigenvalue weighted by Gasteiger charge is 2.37. The maximum Gasteiger partial charge on any atom is 0.208 e. The van der Waals surface area contributed by atoms with Crippen LogP contribution < -0.4 is 0 Å². The lowest BCUT2D eigenvalue weighted by Crippen LogP contribution is -2.25. The molecule has 1 saturated carbocycles. The third-order valence-electron chi connectivity index (χ3n) is 5.11. The van der Waals surface area contributed by atoms with Gasteiger partial charge in [-0.2, -0.15) is 5.10 Å². The third kappa shape index (κ3) is 3.48. The Hall–Kier alpha value is -1.73. The molecule has 0 amide bonds. The Morgan fingerprint density at radius 2 is 2.16 bits per heavy atom. The molecule has 2 aromatic heterocycles. The second-order valence-corrected chi connectivity index (χ2v) is 8.26. The van der Waals surface area contributed by atoms with Gasteiger partial charge in [0.05, 0.1) is 24.9 Å². The summed E-state index contributed by atoms with van der Waals surface area (Å²) in [5.41, 5.74) is -0.0329. The van der Waals surface area contributed by atoms with Crippen LogP contribution >= 0.6 is 0 Å². The van der Waals surface area contributed by atoms with Gasteiger partial charge in [0.2, 0.25) is 5.89 Å². The van der Waals surface area contributed by atoms with Crippen LogP contribution in [-0.2, 0) is 16.7 Å². The third-order valence-corrected chi connectivity index (χ3v) is 5.11. The molecule has 2 atom stereocenters. The van der Waals surface area contributed by atoms with E-state index in [1.54, 1.807) is 7.11 Å². The van der Waals surface area contributed by atoms with E-state index in [0.29, 0.717) is 12.5 Å². The molecule has 2 aliphatic rings. The van der Waals surface area contributed by atoms with Gasteiger partial charge in [-0.25, -0.2) is 9.97 Å². The van der Waals surface area contributed by atoms with Crippen molar-refractivity contribution in [3.8, 4) is 0 Å². The molecule has 136 valence electrons. The zero-order valence-electron chi connectivity index (χ0n) is 15.5. The first-order chi connectivity index (χ1) is 11.9. The molecular formula is C18H27N5O2. The van der Waals surface area contributed by atoms with E-state index >= 15 is 0 Å². The molecule has 1 N–H and O–H groups in total. The minimum atomic E-state index is -0.0329. The first-order valence-electron chi connectivity index (χ1n) is 9.08. The van der Waals surface area contributed by atoms with Crippen LogP contribution in [0.4, 0.5) is 0 Å². The second kappa shape index (κ2) is 6.21. The molecule has 0 bridgehead atoms. The summed E-state index contributed by atoms with van der Waals surface area (Å²) < 4.78 is 11.6. The van der Waals surface area contributed by atoms with Crippen molar-refractivity contribution in [2.24, 2.45) is 0 Å². The summed E-state index contributed by atoms with van der Waals surface area (Å²) in [6.45, 7) is 7.88. The van der Waals surface area contributed by atoms with Crippen molar-refractivity contribution in [2.75, 3.05) is 13.7 Å². The molecule has 0 unspecified atom stereocenters. The molecule has 1 saturated heterocycles. The van der Waals surface area contributed by atoms with Gasteiger partial charge in [0, 0.05) is 25.0 Å². The number of hydrogen-bond donors (Lipinski definition) is 1. The lowest BCUT2D eigenvalue weighted by Gasteiger charge is -2.20. The molecule has 7 heteroatoms. The van der Waals surface area contributed by atoms with Gasteiger partial charge < -0.3 is 9.15 Å². The highest BCUT2D eigenvalue weighted by Crippen LogP contribution is 2.39. The quantitative estimate of drug-likeness (QED) is 0.897. The number of rotatable bonds is 5. The van der Waals surface area contributed by atoms with Gasteiger partial charge in [0.15, 0.2) is 5.82 Å². The van der Waals surface area contributed by atoms with Gasteiger partial charge in [-0.05, 0) is 19.3 Å². The maximum absolute atomic E-state index is 5.98. The summed E-state index contributed by atoms with van der Waals surface area (Å²) in [6, 6.07) is 0.162. The Balaban J connectivity index is 1.52. The number of nitrogens with one attached hydrogen (secondary N) is 1. The zero-order valence-corrected chi connectivity index (χ0v) is 15.5. The summed E-state index contributed by atoms with van der Waals surface area (Å²) in [7, 11) is 1.77. The van der Waals surface area contributed by atoms with Crippen LogP contribution in [0.15, 0.2) is 10.6 Å². The predicted molar refractivity (Wildman–Crippen MR) is 92.1 cm³/mol. The Labute approximate surface area is 148 Å². The number of likely N-dealkylation sites (tertiary alicyclic amines) is 1. The summed E-state index contributed by atoms with van der Waals surface area (Å²) >= 11 is 0. The molecule has 2 fully saturated rings. The molecular weight excluding hydrogens is 318 g/mol. The highest BCUT2D eigenvalue weighted by molar-refractivity contribution is 5.10. The number of aromatic amines is 1. The molecule has 3 heterocycles. The summed E-state index contributed by atoms with van der Waals surface area (Å²) in [5.74, 6) is 4.11. The van der Waals surface area contributed by atoms with E-state index in [1.165, 1.54) is 12.8 Å². The van der Waals surface area contributed by atoms with Crippen LogP contribution in [0.2, 0.25) is 0 Å². The Bertz CT molecular complexity index is 728. The van der Waals surface area contributed by atoms with Crippen LogP contribution in [0.5, 0.6) is 0 Å². The van der Waals surface area contributed by atoms with Crippen LogP contribution in [0.25, 0.3) is 0 Å². The summed E-state index contributed by atoms with van der Waals surface area (Å²) in [5, 5.41) is 7.56. The van der Waals surface area contributed by atoms with E-state index in [1.807, 2.05) is 6.20 Å². The topological polar surface area (TPSA) is 80.1 Å². The first kappa shape index (κ1) is 16.7. The van der Waals surface area contributed by atoms with Crippen LogP contribution in [0.3, 0.4) is 0 Å². The van der Waals surface area contributed by atoms with Crippen LogP contribution in [0, 0.1) is 0 Å². The second-order valence-electron chi connectivity index (χ2n) is 8.26. The number of ether oxygens (including phenoxy) is 1. The molecule has 4 rings (SSSR count). The lowest BCUT2D eigenvalue weighted by atomic mass is 9.94. The average Bonchev–Trinajstić information content (AvgIpc) is 3.01. The molecule has 2 aromatic rings. The number of methoxy groups -OCH3 is 1. The van der Waals surface area contributed by atoms with Gasteiger partial charge >= 0.3 is 0 Å². The van der Waals surface area contributed by atoms with Crippen LogP contribution in [-0.4, -0.2) is 44.8 Å². The Morgan fingerprint density at radius 3 is 2.80 bits per heavy atom. The predicted octanol–water partition coefficient (Wildman–Crippen LogP) is 2.93. The summed E-state index contributed by atoms with van der Waals surface area (Å²) in [6.07, 6.45) is 5.35. The number of oxazole rings is 1. The van der Waals surface area contributed by atoms with Gasteiger partial charge in [0.1, 0.15) is 11.6 Å². The normalized spacial score (nSPS) is 25.0. The largest absolute Gasteiger partial charge is 0.444 e. The van der Waals surface area contributed by atoms with Crippen molar-refractivity contribution in [1.29, 1.82) is 0 Å². The van der Waals surface area contributed by atoms with Crippen LogP contribution in [0.1, 0.15) is 75.3 Å². The standard InChI is InChI=1S/C18H27N5O2/c1-18(2,3)14-8-19-15(25-14)10-23-9-12(24-4)7-13(23)17-20-16(21-22-17)11-5-6-11/h8,11-13H,5-7,9-10H2,1-4H3,(H,20,21,22)/t12-,13+/m1/s1. The van der Waals surface area contributed by atoms with Crippen molar-refractivity contribution in [3.05, 3.63) is 29.5 Å². The minimum Gasteiger partial charge on any atom is -0.444 e. The molecule has 1 aliphatic carbocycles. The smallest absolute Gasteiger partial charge is 0.208 e. The van der Waals surface area contributed by atoms with Gasteiger partial charge in [-0.3, -0.25) is 10.00 Å². The maximum atomic E-state index is 5.98. The minimum absolute atomic E-state index is 0.0329. The van der Waals surface area contributed by atoms with E-state index in [4.69, 9.17) is 14.1 Å². The van der Waals surface area contributed by atoms with Crippen molar-refractivity contribution in [1.82, 2.24) is 25.1 Å². The fourth-order valence-electron chi connectivity index (χ4n) is 3.36. The van der Waals surface area contributed by atoms with Crippen molar-refractivity contribution in [2.45, 2.75) is 70.1 Å². The molecule has 7 nitrogen and oxygen atoms in total. The molecule has 0 spiro atoms. The molecule has 0 radical (unpaired) electrons.